The van der Waals surface area contributed by atoms with Crippen molar-refractivity contribution >= 4 is 21.8 Å². The first kappa shape index (κ1) is 13.3. The van der Waals surface area contributed by atoms with Gasteiger partial charge in [-0.1, -0.05) is 22.0 Å². The zero-order valence-corrected chi connectivity index (χ0v) is 12.4. The number of rotatable bonds is 3. The molecule has 1 aliphatic rings. The summed E-state index contributed by atoms with van der Waals surface area (Å²) < 4.78 is 2.68. The largest absolute Gasteiger partial charge is 0.347 e. The predicted molar refractivity (Wildman–Crippen MR) is 80.0 cm³/mol. The van der Waals surface area contributed by atoms with E-state index >= 15 is 0 Å². The molecule has 1 atom stereocenters. The summed E-state index contributed by atoms with van der Waals surface area (Å²) in [5, 5.41) is 10.5. The summed E-state index contributed by atoms with van der Waals surface area (Å²) in [6.45, 7) is 1.79. The molecule has 0 saturated carbocycles. The van der Waals surface area contributed by atoms with Gasteiger partial charge in [0.1, 0.15) is 0 Å². The number of nitrogens with one attached hydrogen (secondary N) is 2. The summed E-state index contributed by atoms with van der Waals surface area (Å²) >= 11 is 3.43. The average Bonchev–Trinajstić information content (AvgIpc) is 3.09. The zero-order valence-electron chi connectivity index (χ0n) is 10.8. The van der Waals surface area contributed by atoms with Crippen LogP contribution in [0.4, 0.5) is 0 Å². The Morgan fingerprint density at radius 3 is 3.10 bits per heavy atom. The second kappa shape index (κ2) is 5.76. The van der Waals surface area contributed by atoms with Gasteiger partial charge in [0.25, 0.3) is 5.91 Å². The number of carbonyl (C=O) groups is 1. The van der Waals surface area contributed by atoms with Gasteiger partial charge in [-0.05, 0) is 37.2 Å². The van der Waals surface area contributed by atoms with E-state index in [1.165, 1.54) is 0 Å². The minimum Gasteiger partial charge on any atom is -0.347 e. The Balaban J connectivity index is 1.74. The van der Waals surface area contributed by atoms with Crippen molar-refractivity contribution in [3.05, 3.63) is 46.7 Å². The molecule has 0 aliphatic carbocycles. The Kier molecular flexibility index (Phi) is 3.84. The van der Waals surface area contributed by atoms with E-state index in [2.05, 4.69) is 31.7 Å². The summed E-state index contributed by atoms with van der Waals surface area (Å²) in [4.78, 5) is 12.1. The first-order chi connectivity index (χ1) is 9.72. The van der Waals surface area contributed by atoms with Crippen LogP contribution in [0, 0.1) is 0 Å². The summed E-state index contributed by atoms with van der Waals surface area (Å²) in [7, 11) is 0. The average molecular weight is 335 g/mol. The molecule has 1 fully saturated rings. The number of hydrogen-bond acceptors (Lipinski definition) is 3. The third kappa shape index (κ3) is 2.91. The highest BCUT2D eigenvalue weighted by Gasteiger charge is 2.19. The molecule has 1 aromatic heterocycles. The molecule has 1 saturated heterocycles. The molecule has 104 valence electrons. The SMILES string of the molecule is O=C(NC1CCNC1)c1ccn(-c2cccc(Br)c2)n1. The summed E-state index contributed by atoms with van der Waals surface area (Å²) in [5.74, 6) is -0.118. The van der Waals surface area contributed by atoms with Gasteiger partial charge in [0, 0.05) is 23.3 Å². The Labute approximate surface area is 125 Å². The van der Waals surface area contributed by atoms with Gasteiger partial charge in [-0.2, -0.15) is 5.10 Å². The number of carbonyl (C=O) groups excluding carboxylic acids is 1. The van der Waals surface area contributed by atoms with E-state index in [1.54, 1.807) is 16.9 Å². The molecule has 2 N–H and O–H groups in total. The van der Waals surface area contributed by atoms with Crippen molar-refractivity contribution in [2.45, 2.75) is 12.5 Å². The molecular weight excluding hydrogens is 320 g/mol. The van der Waals surface area contributed by atoms with Gasteiger partial charge in [-0.15, -0.1) is 0 Å². The maximum absolute atomic E-state index is 12.1. The van der Waals surface area contributed by atoms with Crippen LogP contribution in [0.3, 0.4) is 0 Å². The second-order valence-electron chi connectivity index (χ2n) is 4.79. The topological polar surface area (TPSA) is 59.0 Å². The molecule has 2 heterocycles. The van der Waals surface area contributed by atoms with Crippen molar-refractivity contribution in [2.24, 2.45) is 0 Å². The maximum atomic E-state index is 12.1. The van der Waals surface area contributed by atoms with Crippen LogP contribution in [0.1, 0.15) is 16.9 Å². The van der Waals surface area contributed by atoms with E-state index in [4.69, 9.17) is 0 Å². The highest BCUT2D eigenvalue weighted by atomic mass is 79.9. The zero-order chi connectivity index (χ0) is 13.9. The van der Waals surface area contributed by atoms with Crippen LogP contribution in [0.25, 0.3) is 5.69 Å². The number of nitrogens with zero attached hydrogens (tertiary/aromatic N) is 2. The van der Waals surface area contributed by atoms with Crippen LogP contribution < -0.4 is 10.6 Å². The molecule has 0 radical (unpaired) electrons. The van der Waals surface area contributed by atoms with Gasteiger partial charge in [0.05, 0.1) is 5.69 Å². The Morgan fingerprint density at radius 2 is 2.35 bits per heavy atom. The first-order valence-corrected chi connectivity index (χ1v) is 7.35. The minimum atomic E-state index is -0.118. The van der Waals surface area contributed by atoms with Crippen molar-refractivity contribution in [3.8, 4) is 5.69 Å². The predicted octanol–water partition coefficient (Wildman–Crippen LogP) is 1.73. The minimum absolute atomic E-state index is 0.118. The van der Waals surface area contributed by atoms with E-state index < -0.39 is 0 Å². The van der Waals surface area contributed by atoms with Crippen molar-refractivity contribution < 1.29 is 4.79 Å². The number of benzene rings is 1. The van der Waals surface area contributed by atoms with Crippen LogP contribution in [0.2, 0.25) is 0 Å². The summed E-state index contributed by atoms with van der Waals surface area (Å²) in [6.07, 6.45) is 2.77. The van der Waals surface area contributed by atoms with Gasteiger partial charge in [-0.25, -0.2) is 4.68 Å². The Bertz CT molecular complexity index is 619. The lowest BCUT2D eigenvalue weighted by molar-refractivity contribution is 0.0934. The Morgan fingerprint density at radius 1 is 1.45 bits per heavy atom. The van der Waals surface area contributed by atoms with Crippen molar-refractivity contribution in [1.82, 2.24) is 20.4 Å². The monoisotopic (exact) mass is 334 g/mol. The third-order valence-corrected chi connectivity index (χ3v) is 3.78. The highest BCUT2D eigenvalue weighted by Crippen LogP contribution is 2.15. The maximum Gasteiger partial charge on any atom is 0.272 e. The quantitative estimate of drug-likeness (QED) is 0.898. The van der Waals surface area contributed by atoms with Crippen molar-refractivity contribution in [1.29, 1.82) is 0 Å². The standard InChI is InChI=1S/C14H15BrN4O/c15-10-2-1-3-12(8-10)19-7-5-13(18-19)14(20)17-11-4-6-16-9-11/h1-3,5,7-8,11,16H,4,6,9H2,(H,17,20). The van der Waals surface area contributed by atoms with Crippen LogP contribution in [0.15, 0.2) is 41.0 Å². The molecule has 2 aromatic rings. The number of hydrogen-bond donors (Lipinski definition) is 2. The molecule has 1 aromatic carbocycles. The second-order valence-corrected chi connectivity index (χ2v) is 5.70. The van der Waals surface area contributed by atoms with Crippen molar-refractivity contribution in [3.63, 3.8) is 0 Å². The smallest absolute Gasteiger partial charge is 0.272 e. The van der Waals surface area contributed by atoms with E-state index in [1.807, 2.05) is 24.3 Å². The summed E-state index contributed by atoms with van der Waals surface area (Å²) in [5.41, 5.74) is 1.36. The van der Waals surface area contributed by atoms with Gasteiger partial charge in [0.15, 0.2) is 5.69 Å². The molecule has 6 heteroatoms. The van der Waals surface area contributed by atoms with Gasteiger partial charge < -0.3 is 10.6 Å². The van der Waals surface area contributed by atoms with Crippen LogP contribution in [0.5, 0.6) is 0 Å². The molecule has 1 aliphatic heterocycles. The van der Waals surface area contributed by atoms with Gasteiger partial charge >= 0.3 is 0 Å². The number of amides is 1. The van der Waals surface area contributed by atoms with Gasteiger partial charge in [-0.3, -0.25) is 4.79 Å². The van der Waals surface area contributed by atoms with Gasteiger partial charge in [0.2, 0.25) is 0 Å². The fourth-order valence-electron chi connectivity index (χ4n) is 2.24. The Hall–Kier alpha value is -1.66. The highest BCUT2D eigenvalue weighted by molar-refractivity contribution is 9.10. The summed E-state index contributed by atoms with van der Waals surface area (Å²) in [6, 6.07) is 9.73. The molecule has 1 amide bonds. The lowest BCUT2D eigenvalue weighted by atomic mass is 10.2. The first-order valence-electron chi connectivity index (χ1n) is 6.55. The molecule has 5 nitrogen and oxygen atoms in total. The molecule has 0 bridgehead atoms. The van der Waals surface area contributed by atoms with E-state index in [0.29, 0.717) is 5.69 Å². The molecule has 20 heavy (non-hydrogen) atoms. The van der Waals surface area contributed by atoms with Crippen LogP contribution in [-0.2, 0) is 0 Å². The van der Waals surface area contributed by atoms with E-state index in [0.717, 1.165) is 29.7 Å². The van der Waals surface area contributed by atoms with Crippen LogP contribution in [-0.4, -0.2) is 34.8 Å². The van der Waals surface area contributed by atoms with Crippen LogP contribution >= 0.6 is 15.9 Å². The fourth-order valence-corrected chi connectivity index (χ4v) is 2.63. The van der Waals surface area contributed by atoms with E-state index in [9.17, 15) is 4.79 Å². The normalized spacial score (nSPS) is 18.1. The third-order valence-electron chi connectivity index (χ3n) is 3.29. The lowest BCUT2D eigenvalue weighted by Gasteiger charge is -2.09. The molecule has 3 rings (SSSR count). The fraction of sp³-hybridized carbons (Fsp3) is 0.286. The van der Waals surface area contributed by atoms with E-state index in [-0.39, 0.29) is 11.9 Å². The van der Waals surface area contributed by atoms with Crippen molar-refractivity contribution in [2.75, 3.05) is 13.1 Å². The number of aromatic nitrogens is 2. The molecular formula is C14H15BrN4O. The lowest BCUT2D eigenvalue weighted by Crippen LogP contribution is -2.36. The molecule has 1 unspecified atom stereocenters. The molecule has 0 spiro atoms. The number of halogens is 1.